The second kappa shape index (κ2) is 3.34. The monoisotopic (exact) mass is 219 g/mol. The van der Waals surface area contributed by atoms with Crippen molar-refractivity contribution in [1.82, 2.24) is 10.2 Å². The number of nitrogens with one attached hydrogen (secondary N) is 2. The Morgan fingerprint density at radius 2 is 2.00 bits per heavy atom. The molecule has 1 heterocycles. The average molecular weight is 219 g/mol. The molecule has 0 radical (unpaired) electrons. The fraction of sp³-hybridized carbons (Fsp3) is 0.667. The largest absolute Gasteiger partial charge is 0.323 e. The van der Waals surface area contributed by atoms with Gasteiger partial charge in [0.1, 0.15) is 0 Å². The zero-order valence-corrected chi connectivity index (χ0v) is 9.71. The van der Waals surface area contributed by atoms with E-state index in [-0.39, 0.29) is 11.8 Å². The number of aryl methyl sites for hydroxylation is 2. The van der Waals surface area contributed by atoms with Crippen molar-refractivity contribution in [3.63, 3.8) is 0 Å². The van der Waals surface area contributed by atoms with Crippen LogP contribution in [0, 0.1) is 31.6 Å². The molecule has 1 aromatic rings. The lowest BCUT2D eigenvalue weighted by Crippen LogP contribution is -2.22. The van der Waals surface area contributed by atoms with Gasteiger partial charge in [-0.25, -0.2) is 0 Å². The first-order valence-corrected chi connectivity index (χ1v) is 5.97. The summed E-state index contributed by atoms with van der Waals surface area (Å²) >= 11 is 0. The molecular formula is C12H17N3O. The van der Waals surface area contributed by atoms with Crippen molar-refractivity contribution in [2.75, 3.05) is 5.32 Å². The zero-order valence-electron chi connectivity index (χ0n) is 9.71. The Kier molecular flexibility index (Phi) is 2.06. The lowest BCUT2D eigenvalue weighted by atomic mass is 10.0. The third-order valence-corrected chi connectivity index (χ3v) is 3.99. The van der Waals surface area contributed by atoms with E-state index in [1.54, 1.807) is 0 Å². The van der Waals surface area contributed by atoms with Crippen LogP contribution in [-0.2, 0) is 4.79 Å². The molecule has 16 heavy (non-hydrogen) atoms. The molecule has 0 spiro atoms. The van der Waals surface area contributed by atoms with Crippen LogP contribution in [0.15, 0.2) is 0 Å². The van der Waals surface area contributed by atoms with E-state index in [2.05, 4.69) is 15.5 Å². The van der Waals surface area contributed by atoms with Crippen LogP contribution in [0.5, 0.6) is 0 Å². The van der Waals surface area contributed by atoms with Gasteiger partial charge in [0.15, 0.2) is 0 Å². The summed E-state index contributed by atoms with van der Waals surface area (Å²) in [5.41, 5.74) is 2.67. The molecule has 2 N–H and O–H groups in total. The summed E-state index contributed by atoms with van der Waals surface area (Å²) in [6, 6.07) is 0. The van der Waals surface area contributed by atoms with Gasteiger partial charge in [-0.3, -0.25) is 9.89 Å². The van der Waals surface area contributed by atoms with E-state index in [1.165, 1.54) is 6.42 Å². The van der Waals surface area contributed by atoms with Gasteiger partial charge < -0.3 is 5.32 Å². The first-order valence-electron chi connectivity index (χ1n) is 5.97. The maximum atomic E-state index is 12.0. The molecule has 2 fully saturated rings. The molecule has 3 rings (SSSR count). The Morgan fingerprint density at radius 3 is 2.56 bits per heavy atom. The predicted molar refractivity (Wildman–Crippen MR) is 61.0 cm³/mol. The summed E-state index contributed by atoms with van der Waals surface area (Å²) in [6.07, 6.45) is 3.53. The number of carbonyl (C=O) groups excluding carboxylic acids is 1. The van der Waals surface area contributed by atoms with Crippen LogP contribution >= 0.6 is 0 Å². The van der Waals surface area contributed by atoms with Crippen LogP contribution < -0.4 is 5.32 Å². The van der Waals surface area contributed by atoms with E-state index in [0.29, 0.717) is 0 Å². The van der Waals surface area contributed by atoms with Crippen LogP contribution in [0.25, 0.3) is 0 Å². The number of hydrogen-bond acceptors (Lipinski definition) is 2. The minimum absolute atomic E-state index is 0.180. The van der Waals surface area contributed by atoms with Gasteiger partial charge in [-0.2, -0.15) is 5.10 Å². The number of aromatic amines is 1. The molecule has 0 aliphatic heterocycles. The maximum absolute atomic E-state index is 12.0. The van der Waals surface area contributed by atoms with Crippen LogP contribution in [0.4, 0.5) is 5.69 Å². The van der Waals surface area contributed by atoms with Crippen molar-refractivity contribution in [2.45, 2.75) is 33.1 Å². The van der Waals surface area contributed by atoms with Gasteiger partial charge in [-0.05, 0) is 44.9 Å². The predicted octanol–water partition coefficient (Wildman–Crippen LogP) is 2.01. The molecule has 2 aliphatic rings. The molecule has 2 saturated carbocycles. The standard InChI is InChI=1S/C12H17N3O/c1-6-11(7(2)15-14-6)13-12(16)10-4-8-3-9(8)5-10/h8-10H,3-5H2,1-2H3,(H,13,16)(H,14,15). The summed E-state index contributed by atoms with van der Waals surface area (Å²) in [5.74, 6) is 2.11. The first-order chi connectivity index (χ1) is 7.65. The SMILES string of the molecule is Cc1n[nH]c(C)c1NC(=O)C1CC2CC2C1. The van der Waals surface area contributed by atoms with E-state index in [4.69, 9.17) is 0 Å². The lowest BCUT2D eigenvalue weighted by Gasteiger charge is -2.12. The first kappa shape index (κ1) is 9.87. The van der Waals surface area contributed by atoms with Crippen LogP contribution in [-0.4, -0.2) is 16.1 Å². The fourth-order valence-electron chi connectivity index (χ4n) is 2.89. The summed E-state index contributed by atoms with van der Waals surface area (Å²) in [5, 5.41) is 9.97. The highest BCUT2D eigenvalue weighted by atomic mass is 16.1. The molecule has 86 valence electrons. The van der Waals surface area contributed by atoms with Gasteiger partial charge >= 0.3 is 0 Å². The third kappa shape index (κ3) is 1.52. The van der Waals surface area contributed by atoms with Gasteiger partial charge in [0, 0.05) is 5.92 Å². The number of carbonyl (C=O) groups is 1. The molecule has 4 heteroatoms. The van der Waals surface area contributed by atoms with Gasteiger partial charge in [0.2, 0.25) is 5.91 Å². The number of nitrogens with zero attached hydrogens (tertiary/aromatic N) is 1. The average Bonchev–Trinajstić information content (AvgIpc) is 2.76. The number of rotatable bonds is 2. The molecule has 0 saturated heterocycles. The Labute approximate surface area is 94.8 Å². The molecule has 1 aromatic heterocycles. The van der Waals surface area contributed by atoms with E-state index >= 15 is 0 Å². The van der Waals surface area contributed by atoms with Crippen molar-refractivity contribution in [3.05, 3.63) is 11.4 Å². The van der Waals surface area contributed by atoms with Crippen LogP contribution in [0.1, 0.15) is 30.7 Å². The molecule has 2 aliphatic carbocycles. The minimum Gasteiger partial charge on any atom is -0.323 e. The second-order valence-electron chi connectivity index (χ2n) is 5.22. The summed E-state index contributed by atoms with van der Waals surface area (Å²) in [7, 11) is 0. The highest BCUT2D eigenvalue weighted by Crippen LogP contribution is 2.54. The van der Waals surface area contributed by atoms with Gasteiger partial charge in [-0.15, -0.1) is 0 Å². The molecular weight excluding hydrogens is 202 g/mol. The molecule has 0 bridgehead atoms. The topological polar surface area (TPSA) is 57.8 Å². The van der Waals surface area contributed by atoms with Gasteiger partial charge in [-0.1, -0.05) is 0 Å². The number of H-pyrrole nitrogens is 1. The lowest BCUT2D eigenvalue weighted by molar-refractivity contribution is -0.120. The highest BCUT2D eigenvalue weighted by Gasteiger charge is 2.48. The summed E-state index contributed by atoms with van der Waals surface area (Å²) in [4.78, 5) is 12.0. The van der Waals surface area contributed by atoms with Crippen molar-refractivity contribution in [3.8, 4) is 0 Å². The van der Waals surface area contributed by atoms with Crippen molar-refractivity contribution < 1.29 is 4.79 Å². The van der Waals surface area contributed by atoms with E-state index in [1.807, 2.05) is 13.8 Å². The highest BCUT2D eigenvalue weighted by molar-refractivity contribution is 5.93. The van der Waals surface area contributed by atoms with E-state index in [0.717, 1.165) is 41.8 Å². The minimum atomic E-state index is 0.180. The summed E-state index contributed by atoms with van der Waals surface area (Å²) < 4.78 is 0. The van der Waals surface area contributed by atoms with Crippen molar-refractivity contribution in [1.29, 1.82) is 0 Å². The summed E-state index contributed by atoms with van der Waals surface area (Å²) in [6.45, 7) is 3.84. The van der Waals surface area contributed by atoms with Crippen LogP contribution in [0.3, 0.4) is 0 Å². The number of hydrogen-bond donors (Lipinski definition) is 2. The molecule has 2 atom stereocenters. The Morgan fingerprint density at radius 1 is 1.31 bits per heavy atom. The third-order valence-electron chi connectivity index (χ3n) is 3.99. The van der Waals surface area contributed by atoms with Gasteiger partial charge in [0.25, 0.3) is 0 Å². The number of fused-ring (bicyclic) bond motifs is 1. The van der Waals surface area contributed by atoms with E-state index < -0.39 is 0 Å². The fourth-order valence-corrected chi connectivity index (χ4v) is 2.89. The quantitative estimate of drug-likeness (QED) is 0.799. The van der Waals surface area contributed by atoms with Crippen molar-refractivity contribution >= 4 is 11.6 Å². The number of anilines is 1. The molecule has 4 nitrogen and oxygen atoms in total. The maximum Gasteiger partial charge on any atom is 0.227 e. The Bertz CT molecular complexity index is 408. The Hall–Kier alpha value is -1.32. The molecule has 0 aromatic carbocycles. The molecule has 1 amide bonds. The van der Waals surface area contributed by atoms with Crippen molar-refractivity contribution in [2.24, 2.45) is 17.8 Å². The number of amides is 1. The van der Waals surface area contributed by atoms with E-state index in [9.17, 15) is 4.79 Å². The smallest absolute Gasteiger partial charge is 0.227 e. The second-order valence-corrected chi connectivity index (χ2v) is 5.22. The number of aromatic nitrogens is 2. The van der Waals surface area contributed by atoms with Crippen LogP contribution in [0.2, 0.25) is 0 Å². The van der Waals surface area contributed by atoms with Gasteiger partial charge in [0.05, 0.1) is 17.1 Å². The molecule has 2 unspecified atom stereocenters. The Balaban J connectivity index is 1.68. The normalized spacial score (nSPS) is 31.2. The zero-order chi connectivity index (χ0) is 11.3.